The number of nitrogens with zero attached hydrogens (tertiary/aromatic N) is 1. The molecule has 0 radical (unpaired) electrons. The summed E-state index contributed by atoms with van der Waals surface area (Å²) in [4.78, 5) is 28.7. The van der Waals surface area contributed by atoms with Crippen molar-refractivity contribution < 1.29 is 18.7 Å². The van der Waals surface area contributed by atoms with Gasteiger partial charge in [0, 0.05) is 18.1 Å². The lowest BCUT2D eigenvalue weighted by Gasteiger charge is -2.26. The van der Waals surface area contributed by atoms with Crippen molar-refractivity contribution in [1.82, 2.24) is 9.88 Å². The number of methoxy groups -OCH3 is 1. The van der Waals surface area contributed by atoms with Gasteiger partial charge in [0.05, 0.1) is 18.2 Å². The first kappa shape index (κ1) is 16.3. The predicted octanol–water partition coefficient (Wildman–Crippen LogP) is 4.10. The van der Waals surface area contributed by atoms with Crippen LogP contribution in [-0.4, -0.2) is 29.1 Å². The summed E-state index contributed by atoms with van der Waals surface area (Å²) in [5.74, 6) is -0.591. The number of fused-ring (bicyclic) bond motifs is 1. The zero-order chi connectivity index (χ0) is 17.3. The van der Waals surface area contributed by atoms with E-state index in [1.807, 2.05) is 6.20 Å². The zero-order valence-corrected chi connectivity index (χ0v) is 13.6. The van der Waals surface area contributed by atoms with Crippen molar-refractivity contribution in [2.45, 2.75) is 18.9 Å². The van der Waals surface area contributed by atoms with Crippen LogP contribution in [0.15, 0.2) is 30.6 Å². The van der Waals surface area contributed by atoms with Gasteiger partial charge in [-0.3, -0.25) is 0 Å². The number of halogens is 2. The molecule has 126 valence electrons. The van der Waals surface area contributed by atoms with Crippen molar-refractivity contribution in [3.05, 3.63) is 52.6 Å². The molecule has 0 saturated carbocycles. The molecular weight excluding hydrogens is 337 g/mol. The molecule has 1 atom stereocenters. The molecule has 2 N–H and O–H groups in total. The normalized spacial score (nSPS) is 15.7. The Balaban J connectivity index is 1.85. The van der Waals surface area contributed by atoms with Gasteiger partial charge in [0.15, 0.2) is 0 Å². The van der Waals surface area contributed by atoms with E-state index in [4.69, 9.17) is 16.3 Å². The van der Waals surface area contributed by atoms with Crippen LogP contribution >= 0.6 is 11.6 Å². The first-order valence-electron chi connectivity index (χ1n) is 7.30. The van der Waals surface area contributed by atoms with E-state index in [1.165, 1.54) is 19.2 Å². The van der Waals surface area contributed by atoms with Crippen molar-refractivity contribution in [2.24, 2.45) is 0 Å². The predicted molar refractivity (Wildman–Crippen MR) is 86.5 cm³/mol. The number of aromatic nitrogens is 1. The molecule has 0 saturated heterocycles. The highest BCUT2D eigenvalue weighted by Crippen LogP contribution is 2.36. The molecule has 3 rings (SSSR count). The summed E-state index contributed by atoms with van der Waals surface area (Å²) < 4.78 is 18.0. The van der Waals surface area contributed by atoms with Crippen LogP contribution in [-0.2, 0) is 11.2 Å². The van der Waals surface area contributed by atoms with Crippen LogP contribution in [0.4, 0.5) is 19.7 Å². The summed E-state index contributed by atoms with van der Waals surface area (Å²) in [6.07, 6.45) is 4.23. The van der Waals surface area contributed by atoms with Gasteiger partial charge in [-0.05, 0) is 42.2 Å². The number of urea groups is 1. The number of imide groups is 1. The topological polar surface area (TPSA) is 74.4 Å². The van der Waals surface area contributed by atoms with E-state index in [1.54, 1.807) is 6.20 Å². The van der Waals surface area contributed by atoms with E-state index in [9.17, 15) is 14.0 Å². The summed E-state index contributed by atoms with van der Waals surface area (Å²) in [5.41, 5.74) is 2.23. The van der Waals surface area contributed by atoms with Gasteiger partial charge in [0.2, 0.25) is 0 Å². The molecule has 8 heteroatoms. The first-order valence-corrected chi connectivity index (χ1v) is 7.68. The third kappa shape index (κ3) is 2.94. The standard InChI is InChI=1S/C16H15ClFN3O3/c1-24-16(23)21(14-5-2-9-7-19-8-11(9)14)15(22)20-10-3-4-13(18)12(17)6-10/h3-4,6-8,14,19H,2,5H2,1H3,(H,20,22). The highest BCUT2D eigenvalue weighted by molar-refractivity contribution is 6.31. The Morgan fingerprint density at radius 1 is 1.42 bits per heavy atom. The maximum absolute atomic E-state index is 13.2. The van der Waals surface area contributed by atoms with Crippen LogP contribution in [0.1, 0.15) is 23.6 Å². The van der Waals surface area contributed by atoms with Gasteiger partial charge in [-0.1, -0.05) is 11.6 Å². The van der Waals surface area contributed by atoms with Crippen molar-refractivity contribution >= 4 is 29.4 Å². The minimum Gasteiger partial charge on any atom is -0.452 e. The van der Waals surface area contributed by atoms with Gasteiger partial charge in [-0.25, -0.2) is 18.9 Å². The van der Waals surface area contributed by atoms with Crippen LogP contribution in [0.2, 0.25) is 5.02 Å². The smallest absolute Gasteiger partial charge is 0.418 e. The Hall–Kier alpha value is -2.54. The third-order valence-electron chi connectivity index (χ3n) is 3.99. The quantitative estimate of drug-likeness (QED) is 0.855. The molecule has 1 aliphatic carbocycles. The molecule has 1 aromatic carbocycles. The summed E-state index contributed by atoms with van der Waals surface area (Å²) >= 11 is 5.71. The highest BCUT2D eigenvalue weighted by Gasteiger charge is 2.36. The lowest BCUT2D eigenvalue weighted by Crippen LogP contribution is -2.42. The Morgan fingerprint density at radius 2 is 2.21 bits per heavy atom. The average molecular weight is 352 g/mol. The fourth-order valence-electron chi connectivity index (χ4n) is 2.86. The maximum Gasteiger partial charge on any atom is 0.418 e. The van der Waals surface area contributed by atoms with Crippen LogP contribution in [0.25, 0.3) is 0 Å². The van der Waals surface area contributed by atoms with E-state index in [0.29, 0.717) is 6.42 Å². The van der Waals surface area contributed by atoms with E-state index < -0.39 is 24.0 Å². The molecule has 0 bridgehead atoms. The number of carbonyl (C=O) groups excluding carboxylic acids is 2. The molecule has 1 aromatic heterocycles. The molecule has 3 amide bonds. The van der Waals surface area contributed by atoms with Gasteiger partial charge in [-0.15, -0.1) is 0 Å². The number of carbonyl (C=O) groups is 2. The fraction of sp³-hybridized carbons (Fsp3) is 0.250. The fourth-order valence-corrected chi connectivity index (χ4v) is 3.04. The number of hydrogen-bond donors (Lipinski definition) is 2. The number of amides is 3. The Kier molecular flexibility index (Phi) is 4.44. The summed E-state index contributed by atoms with van der Waals surface area (Å²) in [6.45, 7) is 0. The van der Waals surface area contributed by atoms with Crippen molar-refractivity contribution in [1.29, 1.82) is 0 Å². The molecule has 24 heavy (non-hydrogen) atoms. The number of H-pyrrole nitrogens is 1. The van der Waals surface area contributed by atoms with Gasteiger partial charge in [0.1, 0.15) is 5.82 Å². The Labute approximate surface area is 142 Å². The first-order chi connectivity index (χ1) is 11.5. The Morgan fingerprint density at radius 3 is 2.92 bits per heavy atom. The number of aryl methyl sites for hydroxylation is 1. The van der Waals surface area contributed by atoms with Gasteiger partial charge in [-0.2, -0.15) is 0 Å². The zero-order valence-electron chi connectivity index (χ0n) is 12.8. The van der Waals surface area contributed by atoms with Crippen LogP contribution in [0.3, 0.4) is 0 Å². The largest absolute Gasteiger partial charge is 0.452 e. The van der Waals surface area contributed by atoms with Crippen molar-refractivity contribution in [3.8, 4) is 0 Å². The van der Waals surface area contributed by atoms with Gasteiger partial charge in [0.25, 0.3) is 0 Å². The SMILES string of the molecule is COC(=O)N(C(=O)Nc1ccc(F)c(Cl)c1)C1CCc2c[nH]cc21. The molecular formula is C16H15ClFN3O3. The minimum atomic E-state index is -0.764. The van der Waals surface area contributed by atoms with Gasteiger partial charge < -0.3 is 15.0 Å². The maximum atomic E-state index is 13.2. The number of benzene rings is 1. The van der Waals surface area contributed by atoms with E-state index in [2.05, 4.69) is 10.3 Å². The molecule has 0 fully saturated rings. The lowest BCUT2D eigenvalue weighted by atomic mass is 10.1. The summed E-state index contributed by atoms with van der Waals surface area (Å²) in [6, 6.07) is 2.70. The number of ether oxygens (including phenoxy) is 1. The number of anilines is 1. The monoisotopic (exact) mass is 351 g/mol. The van der Waals surface area contributed by atoms with E-state index >= 15 is 0 Å². The van der Waals surface area contributed by atoms with Crippen molar-refractivity contribution in [2.75, 3.05) is 12.4 Å². The molecule has 0 aliphatic heterocycles. The number of hydrogen-bond acceptors (Lipinski definition) is 3. The second-order valence-corrected chi connectivity index (χ2v) is 5.80. The summed E-state index contributed by atoms with van der Waals surface area (Å²) in [5, 5.41) is 2.43. The molecule has 2 aromatic rings. The van der Waals surface area contributed by atoms with Gasteiger partial charge >= 0.3 is 12.1 Å². The molecule has 0 spiro atoms. The third-order valence-corrected chi connectivity index (χ3v) is 4.28. The minimum absolute atomic E-state index is 0.119. The molecule has 1 heterocycles. The number of aromatic amines is 1. The average Bonchev–Trinajstić information content (AvgIpc) is 3.16. The van der Waals surface area contributed by atoms with Crippen LogP contribution in [0.5, 0.6) is 0 Å². The second-order valence-electron chi connectivity index (χ2n) is 5.39. The number of rotatable bonds is 2. The molecule has 1 unspecified atom stereocenters. The van der Waals surface area contributed by atoms with Crippen LogP contribution in [0, 0.1) is 5.82 Å². The molecule has 6 nitrogen and oxygen atoms in total. The Bertz CT molecular complexity index is 793. The van der Waals surface area contributed by atoms with E-state index in [0.717, 1.165) is 28.5 Å². The van der Waals surface area contributed by atoms with Crippen molar-refractivity contribution in [3.63, 3.8) is 0 Å². The highest BCUT2D eigenvalue weighted by atomic mass is 35.5. The molecule has 1 aliphatic rings. The van der Waals surface area contributed by atoms with E-state index in [-0.39, 0.29) is 10.7 Å². The second kappa shape index (κ2) is 6.52. The number of nitrogens with one attached hydrogen (secondary N) is 2. The van der Waals surface area contributed by atoms with Crippen LogP contribution < -0.4 is 5.32 Å². The summed E-state index contributed by atoms with van der Waals surface area (Å²) in [7, 11) is 1.21. The lowest BCUT2D eigenvalue weighted by molar-refractivity contribution is 0.118.